The van der Waals surface area contributed by atoms with Crippen molar-refractivity contribution in [3.05, 3.63) is 35.4 Å². The van der Waals surface area contributed by atoms with Crippen molar-refractivity contribution in [2.75, 3.05) is 13.7 Å². The standard InChI is InChI=1S/C18H24N2O3/c1-12(13-3-5-14(6-4-13)17(22)23-2)20-16(21)15-11-18(7-8-18)9-10-19-15/h3-6,12,15,19H,7-11H2,1-2H3,(H,20,21)/t12-,15+/m0/s1. The molecule has 5 nitrogen and oxygen atoms in total. The molecule has 1 saturated heterocycles. The van der Waals surface area contributed by atoms with Crippen LogP contribution in [0.25, 0.3) is 0 Å². The van der Waals surface area contributed by atoms with E-state index in [9.17, 15) is 9.59 Å². The van der Waals surface area contributed by atoms with E-state index in [4.69, 9.17) is 0 Å². The molecule has 1 aliphatic carbocycles. The number of amides is 1. The van der Waals surface area contributed by atoms with Gasteiger partial charge in [-0.2, -0.15) is 0 Å². The second kappa shape index (κ2) is 6.32. The average molecular weight is 316 g/mol. The van der Waals surface area contributed by atoms with E-state index in [1.54, 1.807) is 12.1 Å². The van der Waals surface area contributed by atoms with Crippen molar-refractivity contribution in [3.8, 4) is 0 Å². The second-order valence-electron chi connectivity index (χ2n) is 6.80. The van der Waals surface area contributed by atoms with Gasteiger partial charge in [-0.25, -0.2) is 4.79 Å². The molecule has 5 heteroatoms. The lowest BCUT2D eigenvalue weighted by atomic mass is 9.89. The molecule has 0 unspecified atom stereocenters. The van der Waals surface area contributed by atoms with E-state index < -0.39 is 0 Å². The van der Waals surface area contributed by atoms with Gasteiger partial charge in [0.2, 0.25) is 5.91 Å². The minimum absolute atomic E-state index is 0.0699. The molecular weight excluding hydrogens is 292 g/mol. The van der Waals surface area contributed by atoms with Crippen LogP contribution < -0.4 is 10.6 Å². The first-order valence-electron chi connectivity index (χ1n) is 8.25. The molecule has 1 amide bonds. The first kappa shape index (κ1) is 16.0. The molecule has 1 saturated carbocycles. The van der Waals surface area contributed by atoms with E-state index in [-0.39, 0.29) is 24.0 Å². The Labute approximate surface area is 136 Å². The Morgan fingerprint density at radius 3 is 2.57 bits per heavy atom. The van der Waals surface area contributed by atoms with Gasteiger partial charge in [0, 0.05) is 0 Å². The van der Waals surface area contributed by atoms with Gasteiger partial charge in [-0.3, -0.25) is 4.79 Å². The van der Waals surface area contributed by atoms with Crippen molar-refractivity contribution in [3.63, 3.8) is 0 Å². The number of piperidine rings is 1. The molecule has 2 aliphatic rings. The fourth-order valence-electron chi connectivity index (χ4n) is 3.36. The van der Waals surface area contributed by atoms with Gasteiger partial charge in [0.15, 0.2) is 0 Å². The number of rotatable bonds is 4. The summed E-state index contributed by atoms with van der Waals surface area (Å²) in [6, 6.07) is 6.99. The maximum absolute atomic E-state index is 12.5. The van der Waals surface area contributed by atoms with Crippen molar-refractivity contribution in [1.29, 1.82) is 0 Å². The van der Waals surface area contributed by atoms with Crippen LogP contribution in [0, 0.1) is 5.41 Å². The van der Waals surface area contributed by atoms with Gasteiger partial charge >= 0.3 is 5.97 Å². The lowest BCUT2D eigenvalue weighted by molar-refractivity contribution is -0.124. The highest BCUT2D eigenvalue weighted by molar-refractivity contribution is 5.89. The van der Waals surface area contributed by atoms with Crippen molar-refractivity contribution >= 4 is 11.9 Å². The topological polar surface area (TPSA) is 67.4 Å². The van der Waals surface area contributed by atoms with E-state index in [0.29, 0.717) is 11.0 Å². The number of benzene rings is 1. The zero-order valence-electron chi connectivity index (χ0n) is 13.7. The number of ether oxygens (including phenoxy) is 1. The van der Waals surface area contributed by atoms with Crippen molar-refractivity contribution in [2.45, 2.75) is 44.7 Å². The number of hydrogen-bond acceptors (Lipinski definition) is 4. The summed E-state index contributed by atoms with van der Waals surface area (Å²) in [5.74, 6) is -0.283. The van der Waals surface area contributed by atoms with Crippen LogP contribution in [0.1, 0.15) is 54.6 Å². The lowest BCUT2D eigenvalue weighted by Crippen LogP contribution is -2.49. The number of methoxy groups -OCH3 is 1. The Bertz CT molecular complexity index is 593. The third kappa shape index (κ3) is 3.55. The number of esters is 1. The van der Waals surface area contributed by atoms with Crippen LogP contribution in [0.4, 0.5) is 0 Å². The van der Waals surface area contributed by atoms with E-state index in [1.807, 2.05) is 19.1 Å². The summed E-state index contributed by atoms with van der Waals surface area (Å²) < 4.78 is 4.69. The minimum atomic E-state index is -0.352. The summed E-state index contributed by atoms with van der Waals surface area (Å²) in [6.45, 7) is 2.89. The van der Waals surface area contributed by atoms with Crippen molar-refractivity contribution in [2.24, 2.45) is 5.41 Å². The number of carbonyl (C=O) groups excluding carboxylic acids is 2. The molecule has 1 aliphatic heterocycles. The van der Waals surface area contributed by atoms with Crippen LogP contribution in [0.15, 0.2) is 24.3 Å². The smallest absolute Gasteiger partial charge is 0.337 e. The normalized spacial score (nSPS) is 23.1. The van der Waals surface area contributed by atoms with Crippen molar-refractivity contribution in [1.82, 2.24) is 10.6 Å². The zero-order chi connectivity index (χ0) is 16.4. The largest absolute Gasteiger partial charge is 0.465 e. The molecule has 0 radical (unpaired) electrons. The van der Waals surface area contributed by atoms with Crippen LogP contribution in [-0.2, 0) is 9.53 Å². The van der Waals surface area contributed by atoms with Gasteiger partial charge in [0.05, 0.1) is 24.8 Å². The van der Waals surface area contributed by atoms with Crippen LogP contribution in [-0.4, -0.2) is 31.6 Å². The first-order chi connectivity index (χ1) is 11.0. The van der Waals surface area contributed by atoms with E-state index >= 15 is 0 Å². The molecule has 0 bridgehead atoms. The van der Waals surface area contributed by atoms with Gasteiger partial charge in [-0.05, 0) is 62.3 Å². The molecule has 124 valence electrons. The molecule has 1 heterocycles. The van der Waals surface area contributed by atoms with Gasteiger partial charge < -0.3 is 15.4 Å². The van der Waals surface area contributed by atoms with E-state index in [1.165, 1.54) is 26.4 Å². The number of nitrogens with one attached hydrogen (secondary N) is 2. The molecule has 2 atom stereocenters. The highest BCUT2D eigenvalue weighted by Gasteiger charge is 2.47. The van der Waals surface area contributed by atoms with Crippen LogP contribution in [0.2, 0.25) is 0 Å². The van der Waals surface area contributed by atoms with Crippen LogP contribution >= 0.6 is 0 Å². The van der Waals surface area contributed by atoms with E-state index in [2.05, 4.69) is 15.4 Å². The fraction of sp³-hybridized carbons (Fsp3) is 0.556. The minimum Gasteiger partial charge on any atom is -0.465 e. The van der Waals surface area contributed by atoms with Gasteiger partial charge in [0.25, 0.3) is 0 Å². The number of hydrogen-bond donors (Lipinski definition) is 2. The first-order valence-corrected chi connectivity index (χ1v) is 8.25. The van der Waals surface area contributed by atoms with Crippen LogP contribution in [0.5, 0.6) is 0 Å². The maximum Gasteiger partial charge on any atom is 0.337 e. The zero-order valence-corrected chi connectivity index (χ0v) is 13.7. The molecule has 3 rings (SSSR count). The molecule has 1 spiro atoms. The summed E-state index contributed by atoms with van der Waals surface area (Å²) in [7, 11) is 1.36. The van der Waals surface area contributed by atoms with Gasteiger partial charge in [-0.15, -0.1) is 0 Å². The van der Waals surface area contributed by atoms with Gasteiger partial charge in [0.1, 0.15) is 0 Å². The highest BCUT2D eigenvalue weighted by atomic mass is 16.5. The molecule has 2 N–H and O–H groups in total. The Morgan fingerprint density at radius 2 is 1.96 bits per heavy atom. The number of carbonyl (C=O) groups is 2. The fourth-order valence-corrected chi connectivity index (χ4v) is 3.36. The van der Waals surface area contributed by atoms with Crippen LogP contribution in [0.3, 0.4) is 0 Å². The van der Waals surface area contributed by atoms with Gasteiger partial charge in [-0.1, -0.05) is 12.1 Å². The summed E-state index contributed by atoms with van der Waals surface area (Å²) in [4.78, 5) is 23.9. The molecule has 0 aromatic heterocycles. The maximum atomic E-state index is 12.5. The van der Waals surface area contributed by atoms with Crippen molar-refractivity contribution < 1.29 is 14.3 Å². The Hall–Kier alpha value is -1.88. The molecule has 2 fully saturated rings. The molecular formula is C18H24N2O3. The lowest BCUT2D eigenvalue weighted by Gasteiger charge is -2.30. The highest BCUT2D eigenvalue weighted by Crippen LogP contribution is 2.53. The monoisotopic (exact) mass is 316 g/mol. The van der Waals surface area contributed by atoms with E-state index in [0.717, 1.165) is 18.5 Å². The third-order valence-corrected chi connectivity index (χ3v) is 5.15. The quantitative estimate of drug-likeness (QED) is 0.836. The second-order valence-corrected chi connectivity index (χ2v) is 6.80. The predicted octanol–water partition coefficient (Wildman–Crippen LogP) is 2.18. The summed E-state index contributed by atoms with van der Waals surface area (Å²) in [6.07, 6.45) is 4.68. The Balaban J connectivity index is 1.58. The summed E-state index contributed by atoms with van der Waals surface area (Å²) >= 11 is 0. The SMILES string of the molecule is COC(=O)c1ccc([C@H](C)NC(=O)[C@H]2CC3(CCN2)CC3)cc1. The summed E-state index contributed by atoms with van der Waals surface area (Å²) in [5, 5.41) is 6.41. The summed E-state index contributed by atoms with van der Waals surface area (Å²) in [5.41, 5.74) is 1.93. The average Bonchev–Trinajstić information content (AvgIpc) is 3.32. The Kier molecular flexibility index (Phi) is 4.39. The Morgan fingerprint density at radius 1 is 1.26 bits per heavy atom. The predicted molar refractivity (Wildman–Crippen MR) is 87.0 cm³/mol. The molecule has 23 heavy (non-hydrogen) atoms. The molecule has 1 aromatic carbocycles. The molecule has 1 aromatic rings. The third-order valence-electron chi connectivity index (χ3n) is 5.15.